The molecule has 0 aromatic heterocycles. The lowest BCUT2D eigenvalue weighted by Crippen LogP contribution is -2.26. The third kappa shape index (κ3) is 2.69. The Morgan fingerprint density at radius 1 is 1.42 bits per heavy atom. The van der Waals surface area contributed by atoms with Crippen LogP contribution in [0.2, 0.25) is 0 Å². The first-order valence-electron chi connectivity index (χ1n) is 6.66. The highest BCUT2D eigenvalue weighted by atomic mass is 16.5. The van der Waals surface area contributed by atoms with Gasteiger partial charge in [0.1, 0.15) is 5.92 Å². The highest BCUT2D eigenvalue weighted by Gasteiger charge is 2.35. The van der Waals surface area contributed by atoms with E-state index in [9.17, 15) is 10.1 Å². The Morgan fingerprint density at radius 2 is 2.16 bits per heavy atom. The highest BCUT2D eigenvalue weighted by molar-refractivity contribution is 5.91. The summed E-state index contributed by atoms with van der Waals surface area (Å²) in [5, 5.41) is 9.35. The molecule has 1 aliphatic rings. The van der Waals surface area contributed by atoms with E-state index in [0.717, 1.165) is 17.5 Å². The van der Waals surface area contributed by atoms with Crippen molar-refractivity contribution in [3.05, 3.63) is 34.9 Å². The molecule has 0 saturated carbocycles. The SMILES string of the molecule is Cc1ccc(C(C#N)C(=O)C2CCOC2C)cc1C. The Kier molecular flexibility index (Phi) is 4.01. The normalized spacial score (nSPS) is 23.9. The number of Topliss-reactive ketones (excluding diaryl/α,β-unsaturated/α-hetero) is 1. The van der Waals surface area contributed by atoms with Gasteiger partial charge in [0.25, 0.3) is 0 Å². The molecular formula is C16H19NO2. The van der Waals surface area contributed by atoms with Crippen LogP contribution in [0.25, 0.3) is 0 Å². The Hall–Kier alpha value is -1.66. The quantitative estimate of drug-likeness (QED) is 0.836. The van der Waals surface area contributed by atoms with Crippen LogP contribution in [-0.4, -0.2) is 18.5 Å². The molecule has 0 N–H and O–H groups in total. The van der Waals surface area contributed by atoms with E-state index < -0.39 is 5.92 Å². The van der Waals surface area contributed by atoms with E-state index in [-0.39, 0.29) is 17.8 Å². The summed E-state index contributed by atoms with van der Waals surface area (Å²) in [6.45, 7) is 6.54. The van der Waals surface area contributed by atoms with Crippen LogP contribution < -0.4 is 0 Å². The van der Waals surface area contributed by atoms with Gasteiger partial charge in [0, 0.05) is 12.5 Å². The minimum Gasteiger partial charge on any atom is -0.378 e. The summed E-state index contributed by atoms with van der Waals surface area (Å²) in [5.74, 6) is -0.824. The standard InChI is InChI=1S/C16H19NO2/c1-10-4-5-13(8-11(10)2)15(9-17)16(18)14-6-7-19-12(14)3/h4-5,8,12,14-15H,6-7H2,1-3H3. The number of benzene rings is 1. The van der Waals surface area contributed by atoms with E-state index in [0.29, 0.717) is 6.61 Å². The van der Waals surface area contributed by atoms with Crippen LogP contribution in [0.4, 0.5) is 0 Å². The number of aryl methyl sites for hydroxylation is 2. The molecule has 2 rings (SSSR count). The predicted molar refractivity (Wildman–Crippen MR) is 72.8 cm³/mol. The zero-order valence-electron chi connectivity index (χ0n) is 11.6. The topological polar surface area (TPSA) is 50.1 Å². The molecule has 3 nitrogen and oxygen atoms in total. The summed E-state index contributed by atoms with van der Waals surface area (Å²) in [4.78, 5) is 12.5. The fourth-order valence-electron chi connectivity index (χ4n) is 2.57. The largest absolute Gasteiger partial charge is 0.378 e. The van der Waals surface area contributed by atoms with Gasteiger partial charge >= 0.3 is 0 Å². The van der Waals surface area contributed by atoms with Crippen molar-refractivity contribution in [3.63, 3.8) is 0 Å². The fraction of sp³-hybridized carbons (Fsp3) is 0.500. The lowest BCUT2D eigenvalue weighted by atomic mass is 9.84. The van der Waals surface area contributed by atoms with E-state index >= 15 is 0 Å². The second-order valence-electron chi connectivity index (χ2n) is 5.28. The van der Waals surface area contributed by atoms with E-state index in [2.05, 4.69) is 6.07 Å². The zero-order valence-corrected chi connectivity index (χ0v) is 11.6. The van der Waals surface area contributed by atoms with Gasteiger partial charge < -0.3 is 4.74 Å². The first kappa shape index (κ1) is 13.8. The van der Waals surface area contributed by atoms with Crippen molar-refractivity contribution in [3.8, 4) is 6.07 Å². The molecule has 3 atom stereocenters. The fourth-order valence-corrected chi connectivity index (χ4v) is 2.57. The van der Waals surface area contributed by atoms with E-state index in [1.165, 1.54) is 5.56 Å². The molecule has 19 heavy (non-hydrogen) atoms. The molecule has 3 heteroatoms. The van der Waals surface area contributed by atoms with Gasteiger partial charge in [-0.3, -0.25) is 4.79 Å². The van der Waals surface area contributed by atoms with Crippen molar-refractivity contribution in [1.29, 1.82) is 5.26 Å². The van der Waals surface area contributed by atoms with Gasteiger partial charge in [-0.1, -0.05) is 18.2 Å². The molecule has 1 saturated heterocycles. The Bertz CT molecular complexity index is 530. The molecule has 1 aliphatic heterocycles. The van der Waals surface area contributed by atoms with Crippen molar-refractivity contribution in [1.82, 2.24) is 0 Å². The molecule has 1 aromatic rings. The van der Waals surface area contributed by atoms with Gasteiger partial charge in [-0.2, -0.15) is 5.26 Å². The van der Waals surface area contributed by atoms with Crippen molar-refractivity contribution in [2.75, 3.05) is 6.61 Å². The van der Waals surface area contributed by atoms with Gasteiger partial charge in [-0.05, 0) is 43.9 Å². The molecule has 1 aromatic carbocycles. The lowest BCUT2D eigenvalue weighted by Gasteiger charge is -2.17. The monoisotopic (exact) mass is 257 g/mol. The second kappa shape index (κ2) is 5.54. The molecule has 0 bridgehead atoms. The number of ether oxygens (including phenoxy) is 1. The van der Waals surface area contributed by atoms with Gasteiger partial charge in [-0.15, -0.1) is 0 Å². The van der Waals surface area contributed by atoms with Crippen LogP contribution in [-0.2, 0) is 9.53 Å². The summed E-state index contributed by atoms with van der Waals surface area (Å²) in [6.07, 6.45) is 0.651. The summed E-state index contributed by atoms with van der Waals surface area (Å²) in [7, 11) is 0. The van der Waals surface area contributed by atoms with Crippen LogP contribution in [0.5, 0.6) is 0 Å². The lowest BCUT2D eigenvalue weighted by molar-refractivity contribution is -0.124. The molecule has 0 spiro atoms. The average molecular weight is 257 g/mol. The minimum absolute atomic E-state index is 0.00393. The molecule has 0 radical (unpaired) electrons. The number of nitrogens with zero attached hydrogens (tertiary/aromatic N) is 1. The van der Waals surface area contributed by atoms with E-state index in [1.807, 2.05) is 39.0 Å². The van der Waals surface area contributed by atoms with Gasteiger partial charge in [0.15, 0.2) is 5.78 Å². The van der Waals surface area contributed by atoms with E-state index in [1.54, 1.807) is 0 Å². The van der Waals surface area contributed by atoms with Crippen LogP contribution in [0, 0.1) is 31.1 Å². The Labute approximate surface area is 114 Å². The van der Waals surface area contributed by atoms with Gasteiger partial charge in [-0.25, -0.2) is 0 Å². The molecule has 0 amide bonds. The average Bonchev–Trinajstić information content (AvgIpc) is 2.80. The highest BCUT2D eigenvalue weighted by Crippen LogP contribution is 2.29. The maximum absolute atomic E-state index is 12.5. The summed E-state index contributed by atoms with van der Waals surface area (Å²) < 4.78 is 5.43. The number of carbonyl (C=O) groups is 1. The number of hydrogen-bond acceptors (Lipinski definition) is 3. The van der Waals surface area contributed by atoms with Crippen molar-refractivity contribution in [2.24, 2.45) is 5.92 Å². The van der Waals surface area contributed by atoms with Crippen molar-refractivity contribution < 1.29 is 9.53 Å². The van der Waals surface area contributed by atoms with Crippen LogP contribution in [0.1, 0.15) is 36.0 Å². The van der Waals surface area contributed by atoms with E-state index in [4.69, 9.17) is 4.74 Å². The summed E-state index contributed by atoms with van der Waals surface area (Å²) >= 11 is 0. The first-order valence-corrected chi connectivity index (χ1v) is 6.66. The molecule has 0 aliphatic carbocycles. The summed E-state index contributed by atoms with van der Waals surface area (Å²) in [5.41, 5.74) is 3.08. The zero-order chi connectivity index (χ0) is 14.0. The van der Waals surface area contributed by atoms with Crippen LogP contribution >= 0.6 is 0 Å². The maximum Gasteiger partial charge on any atom is 0.160 e. The Morgan fingerprint density at radius 3 is 2.68 bits per heavy atom. The molecule has 1 heterocycles. The second-order valence-corrected chi connectivity index (χ2v) is 5.28. The van der Waals surface area contributed by atoms with Gasteiger partial charge in [0.2, 0.25) is 0 Å². The molecule has 1 fully saturated rings. The number of ketones is 1. The number of rotatable bonds is 3. The Balaban J connectivity index is 2.27. The third-order valence-electron chi connectivity index (χ3n) is 4.02. The van der Waals surface area contributed by atoms with Gasteiger partial charge in [0.05, 0.1) is 12.2 Å². The number of hydrogen-bond donors (Lipinski definition) is 0. The third-order valence-corrected chi connectivity index (χ3v) is 4.02. The van der Waals surface area contributed by atoms with Crippen molar-refractivity contribution >= 4 is 5.78 Å². The predicted octanol–water partition coefficient (Wildman–Crippen LogP) is 2.90. The minimum atomic E-state index is -0.673. The number of carbonyl (C=O) groups excluding carboxylic acids is 1. The van der Waals surface area contributed by atoms with Crippen molar-refractivity contribution in [2.45, 2.75) is 39.2 Å². The number of nitriles is 1. The smallest absolute Gasteiger partial charge is 0.160 e. The molecular weight excluding hydrogens is 238 g/mol. The molecule has 3 unspecified atom stereocenters. The van der Waals surface area contributed by atoms with Crippen LogP contribution in [0.15, 0.2) is 18.2 Å². The van der Waals surface area contributed by atoms with Crippen LogP contribution in [0.3, 0.4) is 0 Å². The summed E-state index contributed by atoms with van der Waals surface area (Å²) in [6, 6.07) is 7.96. The molecule has 100 valence electrons. The maximum atomic E-state index is 12.5. The first-order chi connectivity index (χ1) is 9.04.